The molecule has 0 radical (unpaired) electrons. The topological polar surface area (TPSA) is 17.1 Å². The first-order valence-corrected chi connectivity index (χ1v) is 6.07. The van der Waals surface area contributed by atoms with Gasteiger partial charge in [0, 0.05) is 0 Å². The van der Waals surface area contributed by atoms with Crippen LogP contribution in [0.2, 0.25) is 0 Å². The van der Waals surface area contributed by atoms with Gasteiger partial charge in [0.25, 0.3) is 0 Å². The molecule has 1 aliphatic heterocycles. The summed E-state index contributed by atoms with van der Waals surface area (Å²) in [6.07, 6.45) is 5.84. The summed E-state index contributed by atoms with van der Waals surface area (Å²) < 4.78 is 0. The summed E-state index contributed by atoms with van der Waals surface area (Å²) in [5, 5.41) is 1.08. The van der Waals surface area contributed by atoms with E-state index in [0.717, 1.165) is 5.12 Å². The van der Waals surface area contributed by atoms with Gasteiger partial charge in [0.15, 0.2) is 0 Å². The van der Waals surface area contributed by atoms with Crippen molar-refractivity contribution in [2.24, 2.45) is 0 Å². The van der Waals surface area contributed by atoms with Gasteiger partial charge in [-0.3, -0.25) is 0 Å². The summed E-state index contributed by atoms with van der Waals surface area (Å²) in [5.74, 6) is 0. The zero-order valence-electron chi connectivity index (χ0n) is 4.37. The van der Waals surface area contributed by atoms with Gasteiger partial charge >= 0.3 is 51.8 Å². The Bertz CT molecular complexity index is 177. The molecule has 0 saturated carbocycles. The van der Waals surface area contributed by atoms with Crippen molar-refractivity contribution < 1.29 is 4.79 Å². The molecular weight excluding hydrogens is 173 g/mol. The maximum atomic E-state index is 10.1. The molecule has 0 N–H and O–H groups in total. The molecule has 1 aliphatic rings. The van der Waals surface area contributed by atoms with Crippen LogP contribution in [0.1, 0.15) is 7.43 Å². The third-order valence-electron chi connectivity index (χ3n) is 0.936. The molecule has 1 heterocycles. The van der Waals surface area contributed by atoms with Gasteiger partial charge in [-0.25, -0.2) is 0 Å². The summed E-state index contributed by atoms with van der Waals surface area (Å²) in [6, 6.07) is 0. The summed E-state index contributed by atoms with van der Waals surface area (Å²) in [7, 11) is 0. The number of allylic oxidation sites excluding steroid dienone is 3. The second-order valence-corrected chi connectivity index (χ2v) is 5.52. The molecule has 0 bridgehead atoms. The van der Waals surface area contributed by atoms with Crippen LogP contribution < -0.4 is 0 Å². The fraction of sp³-hybridized carbons (Fsp3) is 0.143. The molecule has 0 unspecified atom stereocenters. The first kappa shape index (κ1) is 8.56. The molecule has 2 heteroatoms. The number of rotatable bonds is 1. The Morgan fingerprint density at radius 3 is 2.33 bits per heavy atom. The van der Waals surface area contributed by atoms with Gasteiger partial charge in [-0.05, 0) is 0 Å². The average Bonchev–Trinajstić information content (AvgIpc) is 1.90. The average molecular weight is 183 g/mol. The van der Waals surface area contributed by atoms with Gasteiger partial charge in [-0.2, -0.15) is 0 Å². The third kappa shape index (κ3) is 2.56. The zero-order chi connectivity index (χ0) is 5.82. The van der Waals surface area contributed by atoms with Crippen molar-refractivity contribution in [3.05, 3.63) is 23.1 Å². The van der Waals surface area contributed by atoms with Crippen LogP contribution in [-0.4, -0.2) is 23.9 Å². The van der Waals surface area contributed by atoms with E-state index in [9.17, 15) is 4.79 Å². The Balaban J connectivity index is 0.000000640. The molecule has 0 aromatic carbocycles. The van der Waals surface area contributed by atoms with E-state index in [1.165, 1.54) is 0 Å². The molecule has 48 valence electrons. The van der Waals surface area contributed by atoms with E-state index in [1.807, 2.05) is 28.0 Å². The van der Waals surface area contributed by atoms with Crippen molar-refractivity contribution >= 4 is 23.9 Å². The van der Waals surface area contributed by atoms with Crippen LogP contribution in [0.25, 0.3) is 0 Å². The SMILES string of the molecule is C.O=[CH][Ge]1=[CH]C=CC=[CH]1. The van der Waals surface area contributed by atoms with Crippen LogP contribution in [0, 0.1) is 0 Å². The van der Waals surface area contributed by atoms with Crippen molar-refractivity contribution in [3.8, 4) is 0 Å². The summed E-state index contributed by atoms with van der Waals surface area (Å²) in [4.78, 5) is 14.2. The fourth-order valence-corrected chi connectivity index (χ4v) is 2.49. The van der Waals surface area contributed by atoms with Gasteiger partial charge in [-0.15, -0.1) is 0 Å². The third-order valence-corrected chi connectivity index (χ3v) is 3.93. The maximum absolute atomic E-state index is 10.1. The minimum atomic E-state index is -1.42. The van der Waals surface area contributed by atoms with Crippen molar-refractivity contribution in [3.63, 3.8) is 0 Å². The molecule has 1 rings (SSSR count). The fourth-order valence-electron chi connectivity index (χ4n) is 0.532. The number of hydrogen-bond donors (Lipinski definition) is 0. The predicted molar refractivity (Wildman–Crippen MR) is 43.6 cm³/mol. The van der Waals surface area contributed by atoms with Crippen LogP contribution >= 0.6 is 0 Å². The summed E-state index contributed by atoms with van der Waals surface area (Å²) in [6.45, 7) is 0. The second kappa shape index (κ2) is 4.44. The predicted octanol–water partition coefficient (Wildman–Crippen LogP) is 0.938. The minimum absolute atomic E-state index is 0. The van der Waals surface area contributed by atoms with Crippen molar-refractivity contribution in [1.82, 2.24) is 0 Å². The van der Waals surface area contributed by atoms with Gasteiger partial charge in [0.2, 0.25) is 0 Å². The molecular formula is C7H10GeO. The molecule has 0 saturated heterocycles. The Labute approximate surface area is 59.7 Å². The monoisotopic (exact) mass is 184 g/mol. The van der Waals surface area contributed by atoms with E-state index in [4.69, 9.17) is 0 Å². The van der Waals surface area contributed by atoms with Crippen molar-refractivity contribution in [2.75, 3.05) is 0 Å². The Kier molecular flexibility index (Phi) is 4.23. The quantitative estimate of drug-likeness (QED) is 0.436. The van der Waals surface area contributed by atoms with E-state index in [-0.39, 0.29) is 7.43 Å². The first-order valence-electron chi connectivity index (χ1n) is 2.44. The Hall–Kier alpha value is -0.437. The zero-order valence-corrected chi connectivity index (χ0v) is 6.47. The standard InChI is InChI=1S/C6H6GeO.CH4/c8-6-7-4-2-1-3-5-7;/h1-6H;1H4. The van der Waals surface area contributed by atoms with Gasteiger partial charge in [-0.1, -0.05) is 7.43 Å². The van der Waals surface area contributed by atoms with Gasteiger partial charge in [0.1, 0.15) is 0 Å². The molecule has 0 amide bonds. The molecule has 1 nitrogen and oxygen atoms in total. The number of carbonyl (C=O) groups excluding carboxylic acids is 1. The van der Waals surface area contributed by atoms with Crippen LogP contribution in [0.15, 0.2) is 23.1 Å². The molecule has 0 aromatic heterocycles. The van der Waals surface area contributed by atoms with Gasteiger partial charge in [0.05, 0.1) is 0 Å². The molecule has 0 aromatic rings. The van der Waals surface area contributed by atoms with Crippen molar-refractivity contribution in [2.45, 2.75) is 7.43 Å². The number of carbonyl (C=O) groups is 1. The van der Waals surface area contributed by atoms with Crippen LogP contribution in [0.5, 0.6) is 0 Å². The van der Waals surface area contributed by atoms with Crippen LogP contribution in [-0.2, 0) is 4.79 Å². The normalized spacial score (nSPS) is 14.0. The van der Waals surface area contributed by atoms with E-state index in [2.05, 4.69) is 0 Å². The van der Waals surface area contributed by atoms with E-state index in [1.54, 1.807) is 0 Å². The Morgan fingerprint density at radius 2 is 2.00 bits per heavy atom. The molecule has 0 spiro atoms. The second-order valence-electron chi connectivity index (χ2n) is 1.53. The number of hydrogen-bond acceptors (Lipinski definition) is 1. The van der Waals surface area contributed by atoms with Gasteiger partial charge < -0.3 is 0 Å². The molecule has 0 fully saturated rings. The van der Waals surface area contributed by atoms with Crippen molar-refractivity contribution in [1.29, 1.82) is 0 Å². The molecule has 0 aliphatic carbocycles. The molecule has 0 atom stereocenters. The van der Waals surface area contributed by atoms with Crippen LogP contribution in [0.4, 0.5) is 0 Å². The summed E-state index contributed by atoms with van der Waals surface area (Å²) >= 11 is -1.42. The van der Waals surface area contributed by atoms with Crippen LogP contribution in [0.3, 0.4) is 0 Å². The van der Waals surface area contributed by atoms with E-state index in [0.29, 0.717) is 0 Å². The first-order chi connectivity index (χ1) is 3.93. The Morgan fingerprint density at radius 1 is 1.22 bits per heavy atom. The molecule has 9 heavy (non-hydrogen) atoms. The van der Waals surface area contributed by atoms with E-state index >= 15 is 0 Å². The van der Waals surface area contributed by atoms with E-state index < -0.39 is 13.9 Å². The summed E-state index contributed by atoms with van der Waals surface area (Å²) in [5.41, 5.74) is 0.